The molecule has 1 aromatic heterocycles. The van der Waals surface area contributed by atoms with E-state index in [-0.39, 0.29) is 0 Å². The summed E-state index contributed by atoms with van der Waals surface area (Å²) in [6.07, 6.45) is 6.96. The molecule has 1 aromatic rings. The van der Waals surface area contributed by atoms with E-state index in [0.29, 0.717) is 18.2 Å². The van der Waals surface area contributed by atoms with Gasteiger partial charge >= 0.3 is 0 Å². The van der Waals surface area contributed by atoms with Crippen molar-refractivity contribution in [3.05, 3.63) is 18.0 Å². The minimum Gasteiger partial charge on any atom is -0.374 e. The highest BCUT2D eigenvalue weighted by atomic mass is 16.5. The normalized spacial score (nSPS) is 28.1. The van der Waals surface area contributed by atoms with Crippen molar-refractivity contribution in [1.82, 2.24) is 15.5 Å². The molecule has 2 rings (SSSR count). The van der Waals surface area contributed by atoms with Crippen LogP contribution in [-0.2, 0) is 4.74 Å². The highest BCUT2D eigenvalue weighted by molar-refractivity contribution is 5.07. The Hall–Kier alpha value is -0.870. The second-order valence-corrected chi connectivity index (χ2v) is 4.31. The molecule has 84 valence electrons. The zero-order valence-electron chi connectivity index (χ0n) is 9.36. The Morgan fingerprint density at radius 3 is 3.13 bits per heavy atom. The van der Waals surface area contributed by atoms with Crippen molar-refractivity contribution in [3.63, 3.8) is 0 Å². The van der Waals surface area contributed by atoms with Crippen LogP contribution < -0.4 is 5.32 Å². The molecule has 0 spiro atoms. The lowest BCUT2D eigenvalue weighted by Gasteiger charge is -2.16. The molecular weight excluding hydrogens is 190 g/mol. The van der Waals surface area contributed by atoms with Gasteiger partial charge in [0.25, 0.3) is 0 Å². The van der Waals surface area contributed by atoms with Gasteiger partial charge in [-0.2, -0.15) is 5.10 Å². The molecule has 4 nitrogen and oxygen atoms in total. The van der Waals surface area contributed by atoms with Crippen molar-refractivity contribution < 1.29 is 4.74 Å². The van der Waals surface area contributed by atoms with Crippen LogP contribution in [0.3, 0.4) is 0 Å². The average molecular weight is 209 g/mol. The summed E-state index contributed by atoms with van der Waals surface area (Å²) in [5.41, 5.74) is 1.20. The van der Waals surface area contributed by atoms with E-state index in [0.717, 1.165) is 6.54 Å². The van der Waals surface area contributed by atoms with Crippen molar-refractivity contribution in [2.24, 2.45) is 0 Å². The molecule has 1 saturated heterocycles. The van der Waals surface area contributed by atoms with E-state index in [4.69, 9.17) is 4.74 Å². The number of H-pyrrole nitrogens is 1. The monoisotopic (exact) mass is 209 g/mol. The molecule has 0 saturated carbocycles. The molecule has 1 aliphatic rings. The van der Waals surface area contributed by atoms with Gasteiger partial charge in [-0.3, -0.25) is 5.10 Å². The van der Waals surface area contributed by atoms with E-state index in [9.17, 15) is 0 Å². The average Bonchev–Trinajstić information content (AvgIpc) is 2.84. The van der Waals surface area contributed by atoms with Gasteiger partial charge in [-0.25, -0.2) is 0 Å². The Morgan fingerprint density at radius 1 is 1.67 bits per heavy atom. The summed E-state index contributed by atoms with van der Waals surface area (Å²) < 4.78 is 5.74. The third-order valence-corrected chi connectivity index (χ3v) is 2.99. The number of aromatic amines is 1. The Bertz CT molecular complexity index is 286. The van der Waals surface area contributed by atoms with Gasteiger partial charge in [0.1, 0.15) is 0 Å². The van der Waals surface area contributed by atoms with Gasteiger partial charge in [-0.1, -0.05) is 0 Å². The van der Waals surface area contributed by atoms with Crippen LogP contribution in [0, 0.1) is 0 Å². The topological polar surface area (TPSA) is 49.9 Å². The van der Waals surface area contributed by atoms with Crippen LogP contribution in [0.5, 0.6) is 0 Å². The number of rotatable bonds is 4. The predicted octanol–water partition coefficient (Wildman–Crippen LogP) is 1.63. The van der Waals surface area contributed by atoms with Gasteiger partial charge in [-0.15, -0.1) is 0 Å². The highest BCUT2D eigenvalue weighted by Gasteiger charge is 2.21. The maximum Gasteiger partial charge on any atom is 0.0704 e. The molecule has 1 aliphatic heterocycles. The van der Waals surface area contributed by atoms with Crippen molar-refractivity contribution in [3.8, 4) is 0 Å². The molecule has 2 N–H and O–H groups in total. The van der Waals surface area contributed by atoms with Crippen molar-refractivity contribution in [2.75, 3.05) is 6.54 Å². The Balaban J connectivity index is 1.74. The predicted molar refractivity (Wildman–Crippen MR) is 58.6 cm³/mol. The first kappa shape index (κ1) is 10.6. The molecule has 3 unspecified atom stereocenters. The second kappa shape index (κ2) is 4.77. The standard InChI is InChI=1S/C11H19N3O/c1-8-3-4-11(15-8)7-12-9(2)10-5-13-14-6-10/h5-6,8-9,11-12H,3-4,7H2,1-2H3,(H,13,14). The van der Waals surface area contributed by atoms with Crippen LogP contribution in [-0.4, -0.2) is 29.0 Å². The summed E-state index contributed by atoms with van der Waals surface area (Å²) >= 11 is 0. The molecule has 0 amide bonds. The summed E-state index contributed by atoms with van der Waals surface area (Å²) in [6.45, 7) is 5.21. The van der Waals surface area contributed by atoms with E-state index in [2.05, 4.69) is 29.4 Å². The van der Waals surface area contributed by atoms with Gasteiger partial charge in [-0.05, 0) is 26.7 Å². The van der Waals surface area contributed by atoms with Crippen molar-refractivity contribution >= 4 is 0 Å². The zero-order chi connectivity index (χ0) is 10.7. The second-order valence-electron chi connectivity index (χ2n) is 4.31. The maximum atomic E-state index is 5.74. The molecule has 0 aliphatic carbocycles. The minimum atomic E-state index is 0.336. The van der Waals surface area contributed by atoms with Crippen LogP contribution >= 0.6 is 0 Å². The Kier molecular flexibility index (Phi) is 3.38. The first-order valence-electron chi connectivity index (χ1n) is 5.63. The molecule has 15 heavy (non-hydrogen) atoms. The van der Waals surface area contributed by atoms with E-state index in [1.54, 1.807) is 0 Å². The highest BCUT2D eigenvalue weighted by Crippen LogP contribution is 2.19. The van der Waals surface area contributed by atoms with Crippen LogP contribution in [0.4, 0.5) is 0 Å². The summed E-state index contributed by atoms with van der Waals surface area (Å²) in [5, 5.41) is 10.2. The number of nitrogens with one attached hydrogen (secondary N) is 2. The number of hydrogen-bond donors (Lipinski definition) is 2. The fraction of sp³-hybridized carbons (Fsp3) is 0.727. The van der Waals surface area contributed by atoms with Gasteiger partial charge in [0.2, 0.25) is 0 Å². The molecule has 1 fully saturated rings. The number of hydrogen-bond acceptors (Lipinski definition) is 3. The molecule has 0 radical (unpaired) electrons. The van der Waals surface area contributed by atoms with Crippen LogP contribution in [0.2, 0.25) is 0 Å². The van der Waals surface area contributed by atoms with E-state index >= 15 is 0 Å². The van der Waals surface area contributed by atoms with Crippen LogP contribution in [0.25, 0.3) is 0 Å². The van der Waals surface area contributed by atoms with E-state index in [1.807, 2.05) is 12.4 Å². The van der Waals surface area contributed by atoms with Gasteiger partial charge < -0.3 is 10.1 Å². The molecule has 4 heteroatoms. The van der Waals surface area contributed by atoms with Crippen molar-refractivity contribution in [2.45, 2.75) is 44.9 Å². The maximum absolute atomic E-state index is 5.74. The largest absolute Gasteiger partial charge is 0.374 e. The molecular formula is C11H19N3O. The zero-order valence-corrected chi connectivity index (χ0v) is 9.36. The summed E-state index contributed by atoms with van der Waals surface area (Å²) in [4.78, 5) is 0. The number of aromatic nitrogens is 2. The SMILES string of the molecule is CC1CCC(CNC(C)c2cn[nH]c2)O1. The van der Waals surface area contributed by atoms with E-state index < -0.39 is 0 Å². The molecule has 0 bridgehead atoms. The fourth-order valence-electron chi connectivity index (χ4n) is 1.96. The lowest BCUT2D eigenvalue weighted by Crippen LogP contribution is -2.29. The smallest absolute Gasteiger partial charge is 0.0704 e. The third-order valence-electron chi connectivity index (χ3n) is 2.99. The molecule has 3 atom stereocenters. The van der Waals surface area contributed by atoms with Gasteiger partial charge in [0.15, 0.2) is 0 Å². The lowest BCUT2D eigenvalue weighted by molar-refractivity contribution is 0.0546. The van der Waals surface area contributed by atoms with Crippen LogP contribution in [0.15, 0.2) is 12.4 Å². The van der Waals surface area contributed by atoms with Crippen LogP contribution in [0.1, 0.15) is 38.3 Å². The lowest BCUT2D eigenvalue weighted by atomic mass is 10.1. The Labute approximate surface area is 90.4 Å². The number of nitrogens with zero attached hydrogens (tertiary/aromatic N) is 1. The Morgan fingerprint density at radius 2 is 2.53 bits per heavy atom. The minimum absolute atomic E-state index is 0.336. The van der Waals surface area contributed by atoms with E-state index in [1.165, 1.54) is 18.4 Å². The molecule has 0 aromatic carbocycles. The summed E-state index contributed by atoms with van der Waals surface area (Å²) in [7, 11) is 0. The first-order valence-corrected chi connectivity index (χ1v) is 5.63. The summed E-state index contributed by atoms with van der Waals surface area (Å²) in [5.74, 6) is 0. The van der Waals surface area contributed by atoms with Gasteiger partial charge in [0.05, 0.1) is 18.4 Å². The summed E-state index contributed by atoms with van der Waals surface area (Å²) in [6, 6.07) is 0.336. The number of ether oxygens (including phenoxy) is 1. The quantitative estimate of drug-likeness (QED) is 0.792. The molecule has 2 heterocycles. The van der Waals surface area contributed by atoms with Crippen molar-refractivity contribution in [1.29, 1.82) is 0 Å². The third kappa shape index (κ3) is 2.79. The first-order chi connectivity index (χ1) is 7.25. The van der Waals surface area contributed by atoms with Gasteiger partial charge in [0, 0.05) is 24.3 Å². The fourth-order valence-corrected chi connectivity index (χ4v) is 1.96.